The zero-order valence-corrected chi connectivity index (χ0v) is 18.4. The number of hydrogen-bond acceptors (Lipinski definition) is 4. The van der Waals surface area contributed by atoms with Gasteiger partial charge in [0.15, 0.2) is 5.96 Å². The van der Waals surface area contributed by atoms with Crippen molar-refractivity contribution in [2.75, 3.05) is 13.1 Å². The molecule has 7 heteroatoms. The number of nitrogens with one attached hydrogen (secondary N) is 2. The molecular formula is C18H27IN4OS. The molecule has 25 heavy (non-hydrogen) atoms. The molecular weight excluding hydrogens is 447 g/mol. The van der Waals surface area contributed by atoms with Crippen molar-refractivity contribution in [3.63, 3.8) is 0 Å². The summed E-state index contributed by atoms with van der Waals surface area (Å²) in [5.74, 6) is 1.68. The van der Waals surface area contributed by atoms with E-state index in [4.69, 9.17) is 4.74 Å². The first-order valence-electron chi connectivity index (χ1n) is 8.23. The molecule has 0 bridgehead atoms. The molecule has 0 radical (unpaired) electrons. The lowest BCUT2D eigenvalue weighted by Gasteiger charge is -2.17. The minimum absolute atomic E-state index is 0. The Balaban J connectivity index is 0.00000312. The van der Waals surface area contributed by atoms with Crippen LogP contribution in [0.5, 0.6) is 5.75 Å². The number of aromatic nitrogens is 1. The van der Waals surface area contributed by atoms with Crippen LogP contribution in [0.1, 0.15) is 29.3 Å². The maximum absolute atomic E-state index is 5.93. The third kappa shape index (κ3) is 8.04. The van der Waals surface area contributed by atoms with E-state index >= 15 is 0 Å². The van der Waals surface area contributed by atoms with Crippen molar-refractivity contribution in [2.24, 2.45) is 4.99 Å². The number of halogens is 1. The van der Waals surface area contributed by atoms with Gasteiger partial charge in [0.25, 0.3) is 0 Å². The average Bonchev–Trinajstić information content (AvgIpc) is 2.95. The molecule has 0 fully saturated rings. The maximum atomic E-state index is 5.93. The van der Waals surface area contributed by atoms with Crippen molar-refractivity contribution in [3.05, 3.63) is 45.9 Å². The van der Waals surface area contributed by atoms with E-state index in [1.807, 2.05) is 31.3 Å². The summed E-state index contributed by atoms with van der Waals surface area (Å²) in [6, 6.07) is 8.09. The van der Waals surface area contributed by atoms with Crippen LogP contribution in [0.15, 0.2) is 35.5 Å². The molecule has 0 saturated heterocycles. The number of ether oxygens (including phenoxy) is 1. The van der Waals surface area contributed by atoms with Crippen LogP contribution in [0.3, 0.4) is 0 Å². The molecule has 0 aliphatic heterocycles. The third-order valence-electron chi connectivity index (χ3n) is 3.27. The number of guanidine groups is 1. The van der Waals surface area contributed by atoms with E-state index in [9.17, 15) is 0 Å². The predicted octanol–water partition coefficient (Wildman–Crippen LogP) is 3.90. The van der Waals surface area contributed by atoms with E-state index in [0.717, 1.165) is 23.3 Å². The molecule has 1 unspecified atom stereocenters. The van der Waals surface area contributed by atoms with E-state index in [-0.39, 0.29) is 30.1 Å². The topological polar surface area (TPSA) is 58.5 Å². The highest BCUT2D eigenvalue weighted by Gasteiger charge is 2.06. The highest BCUT2D eigenvalue weighted by atomic mass is 127. The Bertz CT molecular complexity index is 675. The second-order valence-electron chi connectivity index (χ2n) is 5.69. The van der Waals surface area contributed by atoms with E-state index in [1.165, 1.54) is 10.4 Å². The lowest BCUT2D eigenvalue weighted by molar-refractivity contribution is 0.223. The van der Waals surface area contributed by atoms with Gasteiger partial charge in [-0.05, 0) is 45.4 Å². The molecule has 0 aliphatic carbocycles. The van der Waals surface area contributed by atoms with E-state index in [1.54, 1.807) is 11.3 Å². The summed E-state index contributed by atoms with van der Waals surface area (Å²) in [6.45, 7) is 10.3. The summed E-state index contributed by atoms with van der Waals surface area (Å²) in [5.41, 5.74) is 1.20. The van der Waals surface area contributed by atoms with Crippen LogP contribution in [-0.2, 0) is 6.54 Å². The highest BCUT2D eigenvalue weighted by molar-refractivity contribution is 14.0. The Kier molecular flexibility index (Phi) is 9.81. The van der Waals surface area contributed by atoms with Gasteiger partial charge in [-0.2, -0.15) is 0 Å². The number of benzene rings is 1. The Hall–Kier alpha value is -1.35. The molecule has 1 atom stereocenters. The molecule has 1 heterocycles. The van der Waals surface area contributed by atoms with Crippen molar-refractivity contribution >= 4 is 41.3 Å². The van der Waals surface area contributed by atoms with Crippen LogP contribution in [0.4, 0.5) is 0 Å². The molecule has 1 aromatic heterocycles. The Morgan fingerprint density at radius 2 is 2.12 bits per heavy atom. The molecule has 2 rings (SSSR count). The van der Waals surface area contributed by atoms with Crippen molar-refractivity contribution in [1.82, 2.24) is 15.6 Å². The molecule has 1 aromatic carbocycles. The maximum Gasteiger partial charge on any atom is 0.191 e. The Labute approximate surface area is 171 Å². The molecule has 0 saturated carbocycles. The van der Waals surface area contributed by atoms with Gasteiger partial charge in [0.1, 0.15) is 16.9 Å². The summed E-state index contributed by atoms with van der Waals surface area (Å²) < 4.78 is 5.93. The van der Waals surface area contributed by atoms with Crippen LogP contribution < -0.4 is 15.4 Å². The van der Waals surface area contributed by atoms with Crippen LogP contribution in [0.25, 0.3) is 0 Å². The smallest absolute Gasteiger partial charge is 0.191 e. The van der Waals surface area contributed by atoms with Crippen molar-refractivity contribution in [2.45, 2.75) is 40.3 Å². The van der Waals surface area contributed by atoms with Gasteiger partial charge in [0.2, 0.25) is 0 Å². The number of rotatable bonds is 7. The van der Waals surface area contributed by atoms with Gasteiger partial charge in [0, 0.05) is 17.6 Å². The standard InChI is InChI=1S/C18H26N4OS.HI/c1-5-19-18(22-12-17-20-11-15(4)24-17)21-10-14(3)23-16-8-6-7-13(2)9-16;/h6-9,11,14H,5,10,12H2,1-4H3,(H2,19,21,22);1H. The fourth-order valence-corrected chi connectivity index (χ4v) is 2.88. The summed E-state index contributed by atoms with van der Waals surface area (Å²) >= 11 is 1.68. The lowest BCUT2D eigenvalue weighted by atomic mass is 10.2. The number of aryl methyl sites for hydroxylation is 2. The van der Waals surface area contributed by atoms with E-state index in [0.29, 0.717) is 13.1 Å². The monoisotopic (exact) mass is 474 g/mol. The molecule has 5 nitrogen and oxygen atoms in total. The first kappa shape index (κ1) is 21.7. The van der Waals surface area contributed by atoms with Crippen molar-refractivity contribution in [1.29, 1.82) is 0 Å². The Morgan fingerprint density at radius 3 is 2.76 bits per heavy atom. The zero-order valence-electron chi connectivity index (χ0n) is 15.2. The average molecular weight is 474 g/mol. The van der Waals surface area contributed by atoms with Crippen LogP contribution in [-0.4, -0.2) is 30.1 Å². The summed E-state index contributed by atoms with van der Waals surface area (Å²) in [6.07, 6.45) is 1.92. The molecule has 2 aromatic rings. The van der Waals surface area contributed by atoms with Gasteiger partial charge in [-0.15, -0.1) is 35.3 Å². The fourth-order valence-electron chi connectivity index (χ4n) is 2.17. The van der Waals surface area contributed by atoms with Gasteiger partial charge in [-0.25, -0.2) is 9.98 Å². The highest BCUT2D eigenvalue weighted by Crippen LogP contribution is 2.14. The number of thiazole rings is 1. The van der Waals surface area contributed by atoms with E-state index < -0.39 is 0 Å². The van der Waals surface area contributed by atoms with Crippen LogP contribution in [0, 0.1) is 13.8 Å². The molecule has 138 valence electrons. The fraction of sp³-hybridized carbons (Fsp3) is 0.444. The second-order valence-corrected chi connectivity index (χ2v) is 7.01. The predicted molar refractivity (Wildman–Crippen MR) is 116 cm³/mol. The molecule has 0 aliphatic rings. The normalized spacial score (nSPS) is 12.2. The van der Waals surface area contributed by atoms with Gasteiger partial charge < -0.3 is 15.4 Å². The minimum Gasteiger partial charge on any atom is -0.489 e. The number of nitrogens with zero attached hydrogens (tertiary/aromatic N) is 2. The molecule has 0 spiro atoms. The molecule has 2 N–H and O–H groups in total. The zero-order chi connectivity index (χ0) is 17.4. The van der Waals surface area contributed by atoms with Gasteiger partial charge in [0.05, 0.1) is 13.1 Å². The number of aliphatic imine (C=N–C) groups is 1. The SMILES string of the molecule is CCNC(=NCc1ncc(C)s1)NCC(C)Oc1cccc(C)c1.I. The summed E-state index contributed by atoms with van der Waals surface area (Å²) in [5, 5.41) is 7.59. The van der Waals surface area contributed by atoms with Gasteiger partial charge >= 0.3 is 0 Å². The van der Waals surface area contributed by atoms with Crippen molar-refractivity contribution in [3.8, 4) is 5.75 Å². The largest absolute Gasteiger partial charge is 0.489 e. The van der Waals surface area contributed by atoms with Crippen molar-refractivity contribution < 1.29 is 4.74 Å². The second kappa shape index (κ2) is 11.3. The number of hydrogen-bond donors (Lipinski definition) is 2. The van der Waals surface area contributed by atoms with Crippen LogP contribution >= 0.6 is 35.3 Å². The first-order valence-corrected chi connectivity index (χ1v) is 9.05. The van der Waals surface area contributed by atoms with Crippen LogP contribution in [0.2, 0.25) is 0 Å². The first-order chi connectivity index (χ1) is 11.6. The quantitative estimate of drug-likeness (QED) is 0.363. The third-order valence-corrected chi connectivity index (χ3v) is 4.17. The Morgan fingerprint density at radius 1 is 1.32 bits per heavy atom. The lowest BCUT2D eigenvalue weighted by Crippen LogP contribution is -2.41. The van der Waals surface area contributed by atoms with E-state index in [2.05, 4.69) is 47.4 Å². The summed E-state index contributed by atoms with van der Waals surface area (Å²) in [4.78, 5) is 10.1. The van der Waals surface area contributed by atoms with Gasteiger partial charge in [-0.3, -0.25) is 0 Å². The molecule has 0 amide bonds. The minimum atomic E-state index is 0. The van der Waals surface area contributed by atoms with Gasteiger partial charge in [-0.1, -0.05) is 12.1 Å². The summed E-state index contributed by atoms with van der Waals surface area (Å²) in [7, 11) is 0.